The summed E-state index contributed by atoms with van der Waals surface area (Å²) in [5, 5.41) is 21.4. The number of ether oxygens (including phenoxy) is 1. The normalized spacial score (nSPS) is 20.3. The third-order valence-electron chi connectivity index (χ3n) is 5.61. The van der Waals surface area contributed by atoms with Crippen molar-refractivity contribution in [3.05, 3.63) is 42.1 Å². The first-order chi connectivity index (χ1) is 15.5. The molecule has 1 aromatic carbocycles. The molecule has 1 aliphatic heterocycles. The largest absolute Gasteiger partial charge is 0.484 e. The number of alkyl halides is 1. The number of carbonyl (C=O) groups is 2. The van der Waals surface area contributed by atoms with E-state index in [4.69, 9.17) is 9.84 Å². The Hall–Kier alpha value is -3.51. The zero-order valence-electron chi connectivity index (χ0n) is 17.3. The second kappa shape index (κ2) is 9.32. The molecule has 1 saturated heterocycles. The number of halogens is 1. The summed E-state index contributed by atoms with van der Waals surface area (Å²) in [6, 6.07) is 10.8. The number of rotatable bonds is 6. The molecule has 8 nitrogen and oxygen atoms in total. The third-order valence-corrected chi connectivity index (χ3v) is 5.61. The SMILES string of the molecule is N#Cc1cc(-c2cccc(NC(=O)C3CC3)c2)ncc1O[C@H]1CCN(C(=O)CO)C[C@H]1F. The quantitative estimate of drug-likeness (QED) is 0.715. The Morgan fingerprint density at radius 3 is 2.81 bits per heavy atom. The molecule has 2 amide bonds. The molecule has 1 aliphatic carbocycles. The second-order valence-electron chi connectivity index (χ2n) is 7.98. The van der Waals surface area contributed by atoms with Crippen molar-refractivity contribution < 1.29 is 23.8 Å². The fraction of sp³-hybridized carbons (Fsp3) is 0.391. The highest BCUT2D eigenvalue weighted by atomic mass is 19.1. The van der Waals surface area contributed by atoms with Gasteiger partial charge in [-0.25, -0.2) is 4.39 Å². The molecule has 2 aromatic rings. The van der Waals surface area contributed by atoms with Gasteiger partial charge in [-0.05, 0) is 31.0 Å². The summed E-state index contributed by atoms with van der Waals surface area (Å²) < 4.78 is 20.3. The van der Waals surface area contributed by atoms with E-state index in [0.29, 0.717) is 11.4 Å². The Morgan fingerprint density at radius 1 is 1.31 bits per heavy atom. The molecule has 2 fully saturated rings. The summed E-state index contributed by atoms with van der Waals surface area (Å²) in [4.78, 5) is 29.2. The van der Waals surface area contributed by atoms with Crippen LogP contribution in [0.1, 0.15) is 24.8 Å². The second-order valence-corrected chi connectivity index (χ2v) is 7.98. The van der Waals surface area contributed by atoms with Crippen LogP contribution in [-0.4, -0.2) is 58.8 Å². The number of carbonyl (C=O) groups excluding carboxylic acids is 2. The minimum absolute atomic E-state index is 0.00378. The van der Waals surface area contributed by atoms with Crippen molar-refractivity contribution in [1.29, 1.82) is 5.26 Å². The fourth-order valence-electron chi connectivity index (χ4n) is 3.63. The molecule has 166 valence electrons. The van der Waals surface area contributed by atoms with Gasteiger partial charge in [0, 0.05) is 30.1 Å². The Labute approximate surface area is 184 Å². The number of pyridine rings is 1. The van der Waals surface area contributed by atoms with Crippen LogP contribution in [0.3, 0.4) is 0 Å². The van der Waals surface area contributed by atoms with Gasteiger partial charge in [0.15, 0.2) is 11.9 Å². The van der Waals surface area contributed by atoms with Gasteiger partial charge in [0.25, 0.3) is 0 Å². The Kier molecular flexibility index (Phi) is 6.32. The van der Waals surface area contributed by atoms with E-state index in [0.717, 1.165) is 18.4 Å². The van der Waals surface area contributed by atoms with Gasteiger partial charge in [0.1, 0.15) is 18.8 Å². The molecule has 9 heteroatoms. The zero-order valence-corrected chi connectivity index (χ0v) is 17.3. The van der Waals surface area contributed by atoms with Gasteiger partial charge in [-0.2, -0.15) is 5.26 Å². The molecule has 2 heterocycles. The first-order valence-electron chi connectivity index (χ1n) is 10.5. The number of nitrogens with one attached hydrogen (secondary N) is 1. The van der Waals surface area contributed by atoms with Crippen LogP contribution in [0.2, 0.25) is 0 Å². The van der Waals surface area contributed by atoms with E-state index in [1.165, 1.54) is 11.1 Å². The average Bonchev–Trinajstić information content (AvgIpc) is 3.66. The highest BCUT2D eigenvalue weighted by Gasteiger charge is 2.33. The number of hydrogen-bond donors (Lipinski definition) is 2. The van der Waals surface area contributed by atoms with Crippen LogP contribution in [0, 0.1) is 17.2 Å². The lowest BCUT2D eigenvalue weighted by Crippen LogP contribution is -2.50. The minimum Gasteiger partial charge on any atom is -0.484 e. The summed E-state index contributed by atoms with van der Waals surface area (Å²) in [6.07, 6.45) is 1.19. The molecule has 0 bridgehead atoms. The summed E-state index contributed by atoms with van der Waals surface area (Å²) in [7, 11) is 0. The Morgan fingerprint density at radius 2 is 2.12 bits per heavy atom. The maximum atomic E-state index is 14.5. The highest BCUT2D eigenvalue weighted by molar-refractivity contribution is 5.94. The van der Waals surface area contributed by atoms with Crippen molar-refractivity contribution in [3.63, 3.8) is 0 Å². The highest BCUT2D eigenvalue weighted by Crippen LogP contribution is 2.31. The molecule has 2 aliphatic rings. The van der Waals surface area contributed by atoms with Crippen LogP contribution in [0.4, 0.5) is 10.1 Å². The standard InChI is InChI=1S/C23H23FN4O4/c24-18-12-28(22(30)13-29)7-6-20(18)32-21-11-26-19(9-16(21)10-25)15-2-1-3-17(8-15)27-23(31)14-4-5-14/h1-3,8-9,11,14,18,20,29H,4-7,12-13H2,(H,27,31)/t18-,20+/m1/s1. The predicted octanol–water partition coefficient (Wildman–Crippen LogP) is 2.28. The van der Waals surface area contributed by atoms with E-state index in [2.05, 4.69) is 16.4 Å². The van der Waals surface area contributed by atoms with Crippen molar-refractivity contribution >= 4 is 17.5 Å². The number of likely N-dealkylation sites (tertiary alicyclic amines) is 1. The molecular weight excluding hydrogens is 415 g/mol. The third kappa shape index (κ3) is 4.86. The van der Waals surface area contributed by atoms with Crippen molar-refractivity contribution in [2.45, 2.75) is 31.5 Å². The lowest BCUT2D eigenvalue weighted by Gasteiger charge is -2.34. The molecule has 1 saturated carbocycles. The first kappa shape index (κ1) is 21.7. The molecule has 1 aromatic heterocycles. The van der Waals surface area contributed by atoms with Crippen LogP contribution in [0.25, 0.3) is 11.3 Å². The number of benzene rings is 1. The van der Waals surface area contributed by atoms with E-state index < -0.39 is 24.8 Å². The van der Waals surface area contributed by atoms with Crippen LogP contribution >= 0.6 is 0 Å². The van der Waals surface area contributed by atoms with Crippen molar-refractivity contribution in [1.82, 2.24) is 9.88 Å². The smallest absolute Gasteiger partial charge is 0.248 e. The number of nitrogens with zero attached hydrogens (tertiary/aromatic N) is 3. The molecule has 0 spiro atoms. The van der Waals surface area contributed by atoms with E-state index in [9.17, 15) is 19.2 Å². The van der Waals surface area contributed by atoms with Gasteiger partial charge in [-0.15, -0.1) is 0 Å². The number of amides is 2. The number of aromatic nitrogens is 1. The Bertz CT molecular complexity index is 1070. The van der Waals surface area contributed by atoms with Gasteiger partial charge in [0.05, 0.1) is 24.0 Å². The molecular formula is C23H23FN4O4. The molecule has 32 heavy (non-hydrogen) atoms. The van der Waals surface area contributed by atoms with Crippen LogP contribution in [0.5, 0.6) is 5.75 Å². The predicted molar refractivity (Wildman–Crippen MR) is 113 cm³/mol. The van der Waals surface area contributed by atoms with E-state index >= 15 is 0 Å². The molecule has 2 N–H and O–H groups in total. The van der Waals surface area contributed by atoms with Crippen LogP contribution in [0.15, 0.2) is 36.5 Å². The van der Waals surface area contributed by atoms with E-state index in [1.54, 1.807) is 24.3 Å². The number of aliphatic hydroxyl groups is 1. The van der Waals surface area contributed by atoms with Gasteiger partial charge < -0.3 is 20.1 Å². The average molecular weight is 438 g/mol. The van der Waals surface area contributed by atoms with Gasteiger partial charge in [-0.3, -0.25) is 14.6 Å². The lowest BCUT2D eigenvalue weighted by molar-refractivity contribution is -0.138. The zero-order chi connectivity index (χ0) is 22.7. The monoisotopic (exact) mass is 438 g/mol. The van der Waals surface area contributed by atoms with Gasteiger partial charge in [-0.1, -0.05) is 12.1 Å². The van der Waals surface area contributed by atoms with Crippen LogP contribution < -0.4 is 10.1 Å². The number of aliphatic hydroxyl groups excluding tert-OH is 1. The maximum absolute atomic E-state index is 14.5. The number of anilines is 1. The van der Waals surface area contributed by atoms with Crippen LogP contribution in [-0.2, 0) is 9.59 Å². The molecule has 0 unspecified atom stereocenters. The summed E-state index contributed by atoms with van der Waals surface area (Å²) in [6.45, 7) is -0.568. The minimum atomic E-state index is -1.45. The molecule has 0 radical (unpaired) electrons. The fourth-order valence-corrected chi connectivity index (χ4v) is 3.63. The first-order valence-corrected chi connectivity index (χ1v) is 10.5. The van der Waals surface area contributed by atoms with Crippen molar-refractivity contribution in [3.8, 4) is 23.1 Å². The summed E-state index contributed by atoms with van der Waals surface area (Å²) in [5.41, 5.74) is 2.12. The van der Waals surface area contributed by atoms with Crippen molar-refractivity contribution in [2.24, 2.45) is 5.92 Å². The summed E-state index contributed by atoms with van der Waals surface area (Å²) in [5.74, 6) is -0.259. The van der Waals surface area contributed by atoms with E-state index in [1.807, 2.05) is 6.07 Å². The number of hydrogen-bond acceptors (Lipinski definition) is 6. The Balaban J connectivity index is 1.47. The molecule has 4 rings (SSSR count). The van der Waals surface area contributed by atoms with Gasteiger partial charge >= 0.3 is 0 Å². The van der Waals surface area contributed by atoms with Gasteiger partial charge in [0.2, 0.25) is 11.8 Å². The topological polar surface area (TPSA) is 116 Å². The van der Waals surface area contributed by atoms with Crippen molar-refractivity contribution in [2.75, 3.05) is 25.0 Å². The lowest BCUT2D eigenvalue weighted by atomic mass is 10.1. The molecule has 2 atom stereocenters. The summed E-state index contributed by atoms with van der Waals surface area (Å²) >= 11 is 0. The maximum Gasteiger partial charge on any atom is 0.248 e. The van der Waals surface area contributed by atoms with E-state index in [-0.39, 0.29) is 42.6 Å². The number of piperidine rings is 1. The number of nitriles is 1.